The Bertz CT molecular complexity index is 2270. The van der Waals surface area contributed by atoms with E-state index in [1.807, 2.05) is 0 Å². The van der Waals surface area contributed by atoms with Gasteiger partial charge in [-0.2, -0.15) is 26.3 Å². The van der Waals surface area contributed by atoms with Gasteiger partial charge >= 0.3 is 12.4 Å². The van der Waals surface area contributed by atoms with Crippen molar-refractivity contribution in [3.05, 3.63) is 87.3 Å². The minimum absolute atomic E-state index is 0.132. The molecule has 0 bridgehead atoms. The lowest BCUT2D eigenvalue weighted by Crippen LogP contribution is -2.67. The highest BCUT2D eigenvalue weighted by Crippen LogP contribution is 2.57. The third-order valence-electron chi connectivity index (χ3n) is 11.5. The fourth-order valence-corrected chi connectivity index (χ4v) is 8.76. The number of aliphatic hydroxyl groups excluding tert-OH is 3. The number of aliphatic hydroxyl groups is 5. The minimum Gasteiger partial charge on any atom is -0.508 e. The molecule has 0 spiro atoms. The Balaban J connectivity index is 0.000000200. The van der Waals surface area contributed by atoms with Crippen LogP contribution >= 0.6 is 0 Å². The van der Waals surface area contributed by atoms with Crippen molar-refractivity contribution in [2.45, 2.75) is 74.3 Å². The van der Waals surface area contributed by atoms with Crippen LogP contribution in [0.25, 0.3) is 16.7 Å². The van der Waals surface area contributed by atoms with E-state index in [9.17, 15) is 71.4 Å². The van der Waals surface area contributed by atoms with Crippen LogP contribution < -0.4 is 11.1 Å². The summed E-state index contributed by atoms with van der Waals surface area (Å²) >= 11 is 0. The molecule has 13 nitrogen and oxygen atoms in total. The number of carbonyl (C=O) groups excluding carboxylic acids is 3. The monoisotopic (exact) mass is 822 g/mol. The fraction of sp³-hybridized carbons (Fsp3) is 0.436. The van der Waals surface area contributed by atoms with Crippen LogP contribution in [0.3, 0.4) is 0 Å². The maximum Gasteiger partial charge on any atom is 0.433 e. The average Bonchev–Trinajstić information content (AvgIpc) is 3.13. The molecule has 1 aliphatic heterocycles. The van der Waals surface area contributed by atoms with Gasteiger partial charge in [0.15, 0.2) is 11.4 Å². The molecular formula is C39H40F6N4O9. The summed E-state index contributed by atoms with van der Waals surface area (Å²) < 4.78 is 79.3. The number of rotatable bonds is 4. The second kappa shape index (κ2) is 14.6. The van der Waals surface area contributed by atoms with Gasteiger partial charge in [0.1, 0.15) is 28.5 Å². The van der Waals surface area contributed by atoms with Gasteiger partial charge < -0.3 is 41.7 Å². The first-order valence-corrected chi connectivity index (χ1v) is 18.1. The highest BCUT2D eigenvalue weighted by atomic mass is 19.4. The summed E-state index contributed by atoms with van der Waals surface area (Å²) in [5, 5.41) is 68.4. The van der Waals surface area contributed by atoms with Gasteiger partial charge in [-0.25, -0.2) is 4.98 Å². The normalized spacial score (nSPS) is 28.1. The molecule has 1 saturated heterocycles. The number of Topliss-reactive ketones (excluding diaryl/α,β-unsaturated/α-hetero) is 2. The number of amides is 1. The van der Waals surface area contributed by atoms with E-state index in [2.05, 4.69) is 10.3 Å². The van der Waals surface area contributed by atoms with Gasteiger partial charge in [-0.05, 0) is 76.2 Å². The number of fused-ring (bicyclic) bond motifs is 4. The van der Waals surface area contributed by atoms with E-state index < -0.39 is 116 Å². The third kappa shape index (κ3) is 6.77. The minimum atomic E-state index is -4.93. The molecule has 1 saturated carbocycles. The molecule has 7 atom stereocenters. The number of primary amides is 1. The SMILES string of the molecule is CN(C)[C@@H]1C(=O)C(C(N)=O)=C(O)[C@@]2(O)C(=O)C3=C(O)c4c(O)cccc4[C@@](C)(O)[C@H]3C[C@@H]12.O[C@@H](c1cc(C(F)(F)F)nc2c(C(F)(F)F)cccc12)[C@H]1CCCCN1. The average molecular weight is 823 g/mol. The lowest BCUT2D eigenvalue weighted by atomic mass is 9.54. The number of piperidine rings is 1. The molecule has 3 aromatic rings. The topological polar surface area (TPSA) is 227 Å². The molecule has 1 amide bonds. The van der Waals surface area contributed by atoms with E-state index in [1.54, 1.807) is 0 Å². The van der Waals surface area contributed by atoms with Crippen LogP contribution in [0.5, 0.6) is 5.75 Å². The number of carbonyl (C=O) groups is 3. The molecule has 1 aromatic heterocycles. The van der Waals surface area contributed by atoms with E-state index in [0.29, 0.717) is 25.1 Å². The van der Waals surface area contributed by atoms with Gasteiger partial charge in [0.05, 0.1) is 34.4 Å². The quantitative estimate of drug-likeness (QED) is 0.138. The number of aromatic nitrogens is 1. The molecule has 9 N–H and O–H groups in total. The molecule has 4 aliphatic rings. The standard InChI is InChI=1S/C22H24N2O8.C17H16F6N2O/c1-21(31)8-5-4-6-11(25)12(8)16(26)13-9(21)7-10-15(24(2)3)17(27)14(20(23)30)19(29)22(10,32)18(13)28;18-16(19,20)11-5-3-4-9-10(15(26)12-6-1-2-7-24-12)8-13(17(21,22)23)25-14(9)11/h4-6,9-10,15,25-26,29,31-32H,7H2,1-3H3,(H2,23,30);3-5,8,12,15,24,26H,1-2,6-7H2/t9-,10-,15-,21+,22-;12-,15+/m01/s1. The summed E-state index contributed by atoms with van der Waals surface area (Å²) in [4.78, 5) is 43.2. The number of benzene rings is 2. The van der Waals surface area contributed by atoms with Crippen molar-refractivity contribution >= 4 is 34.1 Å². The van der Waals surface area contributed by atoms with Gasteiger partial charge in [-0.3, -0.25) is 19.3 Å². The lowest BCUT2D eigenvalue weighted by molar-refractivity contribution is -0.159. The highest BCUT2D eigenvalue weighted by molar-refractivity contribution is 6.24. The van der Waals surface area contributed by atoms with Crippen LogP contribution in [0.15, 0.2) is 59.4 Å². The number of phenolic OH excluding ortho intramolecular Hbond substituents is 1. The molecule has 2 fully saturated rings. The first-order valence-electron chi connectivity index (χ1n) is 18.1. The largest absolute Gasteiger partial charge is 0.508 e. The maximum absolute atomic E-state index is 13.7. The van der Waals surface area contributed by atoms with Gasteiger partial charge in [-0.1, -0.05) is 30.7 Å². The van der Waals surface area contributed by atoms with Gasteiger partial charge in [0, 0.05) is 28.8 Å². The highest BCUT2D eigenvalue weighted by Gasteiger charge is 2.66. The van der Waals surface area contributed by atoms with Crippen molar-refractivity contribution in [2.75, 3.05) is 20.6 Å². The summed E-state index contributed by atoms with van der Waals surface area (Å²) in [7, 11) is 3.01. The Hall–Kier alpha value is -5.08. The van der Waals surface area contributed by atoms with E-state index in [4.69, 9.17) is 5.73 Å². The second-order valence-corrected chi connectivity index (χ2v) is 15.3. The summed E-state index contributed by atoms with van der Waals surface area (Å²) in [6.07, 6.45) is -9.20. The number of halogens is 6. The van der Waals surface area contributed by atoms with Crippen molar-refractivity contribution < 1.29 is 71.4 Å². The molecular weight excluding hydrogens is 782 g/mol. The summed E-state index contributed by atoms with van der Waals surface area (Å²) in [5.74, 6) is -7.90. The number of nitrogens with zero attached hydrogens (tertiary/aromatic N) is 2. The smallest absolute Gasteiger partial charge is 0.433 e. The fourth-order valence-electron chi connectivity index (χ4n) is 8.76. The van der Waals surface area contributed by atoms with E-state index in [0.717, 1.165) is 18.9 Å². The van der Waals surface area contributed by atoms with Crippen molar-refractivity contribution in [3.8, 4) is 5.75 Å². The predicted molar refractivity (Wildman–Crippen MR) is 192 cm³/mol. The second-order valence-electron chi connectivity index (χ2n) is 15.3. The van der Waals surface area contributed by atoms with Crippen LogP contribution in [0.4, 0.5) is 26.3 Å². The van der Waals surface area contributed by atoms with Crippen molar-refractivity contribution in [3.63, 3.8) is 0 Å². The number of likely N-dealkylation sites (N-methyl/N-ethyl adjacent to an activating group) is 1. The number of nitrogens with two attached hydrogens (primary N) is 1. The first-order chi connectivity index (χ1) is 26.9. The number of alkyl halides is 6. The Morgan fingerprint density at radius 2 is 1.66 bits per heavy atom. The van der Waals surface area contributed by atoms with E-state index in [1.165, 1.54) is 50.2 Å². The van der Waals surface area contributed by atoms with Crippen molar-refractivity contribution in [1.82, 2.24) is 15.2 Å². The van der Waals surface area contributed by atoms with Crippen LogP contribution in [-0.4, -0.2) is 96.3 Å². The van der Waals surface area contributed by atoms with Gasteiger partial charge in [-0.15, -0.1) is 0 Å². The maximum atomic E-state index is 13.7. The van der Waals surface area contributed by atoms with Crippen LogP contribution in [0.2, 0.25) is 0 Å². The summed E-state index contributed by atoms with van der Waals surface area (Å²) in [6, 6.07) is 6.17. The molecule has 0 radical (unpaired) electrons. The molecule has 0 unspecified atom stereocenters. The number of hydrogen-bond acceptors (Lipinski definition) is 12. The first kappa shape index (κ1) is 42.5. The molecule has 3 aliphatic carbocycles. The number of hydrogen-bond donors (Lipinski definition) is 8. The number of para-hydroxylation sites is 1. The molecule has 312 valence electrons. The zero-order valence-electron chi connectivity index (χ0n) is 31.1. The number of aromatic hydroxyl groups is 1. The summed E-state index contributed by atoms with van der Waals surface area (Å²) in [5.41, 5.74) is -4.27. The Morgan fingerprint density at radius 3 is 2.22 bits per heavy atom. The van der Waals surface area contributed by atoms with Gasteiger partial charge in [0.25, 0.3) is 5.91 Å². The number of pyridine rings is 1. The molecule has 2 heterocycles. The molecule has 58 heavy (non-hydrogen) atoms. The van der Waals surface area contributed by atoms with Crippen LogP contribution in [0, 0.1) is 11.8 Å². The zero-order chi connectivity index (χ0) is 43.0. The van der Waals surface area contributed by atoms with Crippen molar-refractivity contribution in [1.29, 1.82) is 0 Å². The van der Waals surface area contributed by atoms with Gasteiger partial charge in [0.2, 0.25) is 5.78 Å². The van der Waals surface area contributed by atoms with Crippen molar-refractivity contribution in [2.24, 2.45) is 17.6 Å². The number of nitrogens with one attached hydrogen (secondary N) is 1. The Morgan fingerprint density at radius 1 is 1.00 bits per heavy atom. The molecule has 2 aromatic carbocycles. The number of phenols is 1. The Kier molecular flexibility index (Phi) is 10.7. The predicted octanol–water partition coefficient (Wildman–Crippen LogP) is 4.08. The Labute approximate surface area is 326 Å². The van der Waals surface area contributed by atoms with E-state index >= 15 is 0 Å². The lowest BCUT2D eigenvalue weighted by Gasteiger charge is -2.53. The van der Waals surface area contributed by atoms with E-state index in [-0.39, 0.29) is 28.5 Å². The van der Waals surface area contributed by atoms with Crippen LogP contribution in [-0.2, 0) is 32.3 Å². The molecule has 19 heteroatoms. The zero-order valence-corrected chi connectivity index (χ0v) is 31.1. The summed E-state index contributed by atoms with van der Waals surface area (Å²) in [6.45, 7) is 1.99. The third-order valence-corrected chi connectivity index (χ3v) is 11.5. The number of ketones is 2. The van der Waals surface area contributed by atoms with Crippen LogP contribution in [0.1, 0.15) is 66.7 Å². The molecule has 7 rings (SSSR count).